The summed E-state index contributed by atoms with van der Waals surface area (Å²) in [6.45, 7) is 1.80. The number of esters is 1. The molecule has 0 aromatic heterocycles. The summed E-state index contributed by atoms with van der Waals surface area (Å²) in [6, 6.07) is 0. The van der Waals surface area contributed by atoms with Gasteiger partial charge in [-0.2, -0.15) is 0 Å². The van der Waals surface area contributed by atoms with Gasteiger partial charge in [-0.3, -0.25) is 0 Å². The molecule has 8 heteroatoms. The minimum absolute atomic E-state index is 0.109. The Balaban J connectivity index is 2.63. The zero-order valence-corrected chi connectivity index (χ0v) is 17.7. The average molecular weight is 419 g/mol. The topological polar surface area (TPSA) is 137 Å². The zero-order valence-electron chi connectivity index (χ0n) is 17.7. The number of cyclic esters (lactones) is 1. The second kappa shape index (κ2) is 12.4. The van der Waals surface area contributed by atoms with Crippen LogP contribution in [-0.2, 0) is 14.3 Å². The van der Waals surface area contributed by atoms with Crippen molar-refractivity contribution in [3.8, 4) is 0 Å². The Hall–Kier alpha value is -1.35. The first-order valence-corrected chi connectivity index (χ1v) is 10.7. The highest BCUT2D eigenvalue weighted by Crippen LogP contribution is 2.41. The van der Waals surface area contributed by atoms with Crippen molar-refractivity contribution in [2.45, 2.75) is 102 Å². The normalized spacial score (nSPS) is 22.5. The lowest BCUT2D eigenvalue weighted by Crippen LogP contribution is -2.49. The molecule has 0 radical (unpaired) electrons. The third-order valence-electron chi connectivity index (χ3n) is 5.30. The van der Waals surface area contributed by atoms with Gasteiger partial charge in [0.25, 0.3) is 0 Å². The van der Waals surface area contributed by atoms with E-state index in [2.05, 4.69) is 6.92 Å². The van der Waals surface area contributed by atoms with E-state index in [1.54, 1.807) is 0 Å². The fourth-order valence-electron chi connectivity index (χ4n) is 3.51. The van der Waals surface area contributed by atoms with E-state index in [0.717, 1.165) is 32.6 Å². The standard InChI is InChI=1S/C21H38O8/c1-3-4-5-6-7-8-9-10-11-12-13-21(16(24)14-22)18(17(25)19(26)29-21)28-20(2,27)15-23/h16,22-25,27H,3-15H2,1-2H3/t16-,20?,21+/m0/s1. The summed E-state index contributed by atoms with van der Waals surface area (Å²) < 4.78 is 10.4. The van der Waals surface area contributed by atoms with E-state index in [-0.39, 0.29) is 6.42 Å². The summed E-state index contributed by atoms with van der Waals surface area (Å²) in [4.78, 5) is 11.9. The first-order chi connectivity index (χ1) is 13.7. The van der Waals surface area contributed by atoms with Gasteiger partial charge in [-0.25, -0.2) is 4.79 Å². The van der Waals surface area contributed by atoms with Crippen LogP contribution in [0.15, 0.2) is 11.5 Å². The molecular weight excluding hydrogens is 380 g/mol. The molecule has 0 aromatic rings. The van der Waals surface area contributed by atoms with Crippen LogP contribution < -0.4 is 0 Å². The smallest absolute Gasteiger partial charge is 0.378 e. The van der Waals surface area contributed by atoms with Gasteiger partial charge < -0.3 is 35.0 Å². The molecule has 29 heavy (non-hydrogen) atoms. The van der Waals surface area contributed by atoms with Gasteiger partial charge in [0, 0.05) is 6.92 Å². The van der Waals surface area contributed by atoms with Gasteiger partial charge in [-0.05, 0) is 12.8 Å². The fourth-order valence-corrected chi connectivity index (χ4v) is 3.51. The van der Waals surface area contributed by atoms with Gasteiger partial charge in [0.05, 0.1) is 6.61 Å². The Morgan fingerprint density at radius 3 is 2.03 bits per heavy atom. The molecule has 0 saturated carbocycles. The van der Waals surface area contributed by atoms with Crippen molar-refractivity contribution in [1.82, 2.24) is 0 Å². The molecule has 0 bridgehead atoms. The van der Waals surface area contributed by atoms with Crippen molar-refractivity contribution in [2.24, 2.45) is 0 Å². The second-order valence-electron chi connectivity index (χ2n) is 8.02. The summed E-state index contributed by atoms with van der Waals surface area (Å²) in [5.74, 6) is -4.53. The first kappa shape index (κ1) is 25.7. The molecule has 0 spiro atoms. The van der Waals surface area contributed by atoms with E-state index < -0.39 is 48.2 Å². The van der Waals surface area contributed by atoms with Gasteiger partial charge >= 0.3 is 5.97 Å². The number of hydrogen-bond donors (Lipinski definition) is 5. The predicted octanol–water partition coefficient (Wildman–Crippen LogP) is 2.43. The Labute approximate surface area is 173 Å². The largest absolute Gasteiger partial charge is 0.499 e. The number of carbonyl (C=O) groups is 1. The number of aliphatic hydroxyl groups excluding tert-OH is 4. The molecule has 1 aliphatic heterocycles. The fraction of sp³-hybridized carbons (Fsp3) is 0.857. The maximum atomic E-state index is 11.9. The number of hydrogen-bond acceptors (Lipinski definition) is 8. The molecule has 3 atom stereocenters. The van der Waals surface area contributed by atoms with Crippen molar-refractivity contribution in [2.75, 3.05) is 13.2 Å². The van der Waals surface area contributed by atoms with Crippen LogP contribution in [0.5, 0.6) is 0 Å². The molecule has 1 heterocycles. The van der Waals surface area contributed by atoms with Crippen molar-refractivity contribution in [3.63, 3.8) is 0 Å². The van der Waals surface area contributed by atoms with Crippen LogP contribution in [0, 0.1) is 0 Å². The van der Waals surface area contributed by atoms with Gasteiger partial charge in [0.15, 0.2) is 5.76 Å². The number of ether oxygens (including phenoxy) is 2. The van der Waals surface area contributed by atoms with E-state index in [0.29, 0.717) is 6.42 Å². The maximum Gasteiger partial charge on any atom is 0.378 e. The van der Waals surface area contributed by atoms with Crippen LogP contribution in [-0.4, -0.2) is 62.2 Å². The minimum Gasteiger partial charge on any atom is -0.499 e. The van der Waals surface area contributed by atoms with E-state index in [4.69, 9.17) is 9.47 Å². The second-order valence-corrected chi connectivity index (χ2v) is 8.02. The Morgan fingerprint density at radius 2 is 1.55 bits per heavy atom. The highest BCUT2D eigenvalue weighted by Gasteiger charge is 2.56. The van der Waals surface area contributed by atoms with Crippen LogP contribution in [0.25, 0.3) is 0 Å². The molecule has 0 saturated heterocycles. The highest BCUT2D eigenvalue weighted by molar-refractivity contribution is 5.90. The summed E-state index contributed by atoms with van der Waals surface area (Å²) in [5, 5.41) is 49.0. The van der Waals surface area contributed by atoms with Crippen LogP contribution in [0.3, 0.4) is 0 Å². The lowest BCUT2D eigenvalue weighted by Gasteiger charge is -2.36. The summed E-state index contributed by atoms with van der Waals surface area (Å²) >= 11 is 0. The number of rotatable bonds is 16. The molecular formula is C21H38O8. The lowest BCUT2D eigenvalue weighted by atomic mass is 9.88. The Morgan fingerprint density at radius 1 is 1.03 bits per heavy atom. The van der Waals surface area contributed by atoms with E-state index in [1.807, 2.05) is 0 Å². The van der Waals surface area contributed by atoms with Crippen LogP contribution in [0.1, 0.15) is 84.5 Å². The van der Waals surface area contributed by atoms with Crippen LogP contribution in [0.4, 0.5) is 0 Å². The van der Waals surface area contributed by atoms with Gasteiger partial charge in [-0.15, -0.1) is 0 Å². The quantitative estimate of drug-likeness (QED) is 0.146. The molecule has 1 rings (SSSR count). The molecule has 0 aliphatic carbocycles. The van der Waals surface area contributed by atoms with Gasteiger partial charge in [0.2, 0.25) is 17.1 Å². The molecule has 170 valence electrons. The predicted molar refractivity (Wildman–Crippen MR) is 107 cm³/mol. The maximum absolute atomic E-state index is 11.9. The zero-order chi connectivity index (χ0) is 21.9. The molecule has 8 nitrogen and oxygen atoms in total. The van der Waals surface area contributed by atoms with E-state index in [9.17, 15) is 30.3 Å². The molecule has 5 N–H and O–H groups in total. The molecule has 0 fully saturated rings. The summed E-state index contributed by atoms with van der Waals surface area (Å²) in [7, 11) is 0. The Bertz CT molecular complexity index is 531. The molecule has 1 aliphatic rings. The number of carbonyl (C=O) groups excluding carboxylic acids is 1. The monoisotopic (exact) mass is 418 g/mol. The number of aliphatic hydroxyl groups is 5. The number of unbranched alkanes of at least 4 members (excludes halogenated alkanes) is 9. The molecule has 1 unspecified atom stereocenters. The van der Waals surface area contributed by atoms with E-state index >= 15 is 0 Å². The van der Waals surface area contributed by atoms with Crippen molar-refractivity contribution in [3.05, 3.63) is 11.5 Å². The molecule has 0 aromatic carbocycles. The van der Waals surface area contributed by atoms with Crippen molar-refractivity contribution >= 4 is 5.97 Å². The van der Waals surface area contributed by atoms with Crippen molar-refractivity contribution in [1.29, 1.82) is 0 Å². The van der Waals surface area contributed by atoms with Crippen LogP contribution in [0.2, 0.25) is 0 Å². The lowest BCUT2D eigenvalue weighted by molar-refractivity contribution is -0.216. The minimum atomic E-state index is -2.09. The van der Waals surface area contributed by atoms with Gasteiger partial charge in [0.1, 0.15) is 12.7 Å². The third-order valence-corrected chi connectivity index (χ3v) is 5.30. The first-order valence-electron chi connectivity index (χ1n) is 10.7. The molecule has 0 amide bonds. The van der Waals surface area contributed by atoms with E-state index in [1.165, 1.54) is 32.1 Å². The SMILES string of the molecule is CCCCCCCCCCCC[C@]1([C@@H](O)CO)OC(=O)C(O)=C1OC(C)(O)CO. The third kappa shape index (κ3) is 7.44. The average Bonchev–Trinajstić information content (AvgIpc) is 2.93. The summed E-state index contributed by atoms with van der Waals surface area (Å²) in [5.41, 5.74) is -1.80. The van der Waals surface area contributed by atoms with Crippen LogP contribution >= 0.6 is 0 Å². The summed E-state index contributed by atoms with van der Waals surface area (Å²) in [6.07, 6.45) is 9.43. The Kier molecular flexibility index (Phi) is 11.0. The highest BCUT2D eigenvalue weighted by atomic mass is 16.7. The van der Waals surface area contributed by atoms with Gasteiger partial charge in [-0.1, -0.05) is 64.7 Å². The van der Waals surface area contributed by atoms with Crippen molar-refractivity contribution < 1.29 is 39.8 Å².